The number of esters is 2. The summed E-state index contributed by atoms with van der Waals surface area (Å²) >= 11 is 3.23. The molecule has 0 fully saturated rings. The van der Waals surface area contributed by atoms with Gasteiger partial charge in [0.1, 0.15) is 11.5 Å². The van der Waals surface area contributed by atoms with Gasteiger partial charge in [-0.3, -0.25) is 0 Å². The Morgan fingerprint density at radius 3 is 2.68 bits per heavy atom. The lowest BCUT2D eigenvalue weighted by Gasteiger charge is -2.32. The molecule has 0 saturated carbocycles. The first-order chi connectivity index (χ1) is 10.5. The van der Waals surface area contributed by atoms with E-state index in [2.05, 4.69) is 20.7 Å². The zero-order valence-electron chi connectivity index (χ0n) is 12.2. The van der Waals surface area contributed by atoms with Crippen molar-refractivity contribution < 1.29 is 23.5 Å². The molecule has 1 aliphatic rings. The number of carbonyl (C=O) groups is 2. The maximum atomic E-state index is 13.7. The van der Waals surface area contributed by atoms with Crippen LogP contribution < -0.4 is 4.90 Å². The first kappa shape index (κ1) is 16.5. The molecule has 1 heterocycles. The van der Waals surface area contributed by atoms with Gasteiger partial charge in [0.2, 0.25) is 0 Å². The molecule has 0 amide bonds. The molecule has 0 radical (unpaired) electrons. The van der Waals surface area contributed by atoms with Gasteiger partial charge in [-0.05, 0) is 46.5 Å². The second kappa shape index (κ2) is 6.91. The van der Waals surface area contributed by atoms with Crippen molar-refractivity contribution in [2.45, 2.75) is 12.8 Å². The Balaban J connectivity index is 2.52. The maximum absolute atomic E-state index is 13.7. The SMILES string of the molecule is COC(=O)/C=C(\C(=O)OC)N1CCCc2c1ccc(F)c2Br. The number of rotatable bonds is 3. The summed E-state index contributed by atoms with van der Waals surface area (Å²) < 4.78 is 23.4. The number of nitrogens with zero attached hydrogens (tertiary/aromatic N) is 1. The molecule has 0 N–H and O–H groups in total. The van der Waals surface area contributed by atoms with Gasteiger partial charge in [0.25, 0.3) is 0 Å². The number of hydrogen-bond donors (Lipinski definition) is 0. The van der Waals surface area contributed by atoms with Crippen molar-refractivity contribution >= 4 is 33.6 Å². The first-order valence-electron chi connectivity index (χ1n) is 6.62. The van der Waals surface area contributed by atoms with Gasteiger partial charge >= 0.3 is 11.9 Å². The minimum absolute atomic E-state index is 0.0637. The fourth-order valence-electron chi connectivity index (χ4n) is 2.38. The van der Waals surface area contributed by atoms with E-state index in [4.69, 9.17) is 4.74 Å². The Morgan fingerprint density at radius 2 is 2.05 bits per heavy atom. The number of benzene rings is 1. The molecule has 1 aromatic rings. The van der Waals surface area contributed by atoms with Crippen LogP contribution in [-0.2, 0) is 25.5 Å². The van der Waals surface area contributed by atoms with E-state index < -0.39 is 11.9 Å². The number of halogens is 2. The van der Waals surface area contributed by atoms with Crippen LogP contribution in [0.1, 0.15) is 12.0 Å². The third kappa shape index (κ3) is 3.14. The van der Waals surface area contributed by atoms with Gasteiger partial charge in [-0.25, -0.2) is 14.0 Å². The molecule has 0 aromatic heterocycles. The predicted octanol–water partition coefficient (Wildman–Crippen LogP) is 2.57. The Bertz CT molecular complexity index is 645. The normalized spacial score (nSPS) is 14.4. The van der Waals surface area contributed by atoms with Gasteiger partial charge in [0.05, 0.1) is 24.8 Å². The number of ether oxygens (including phenoxy) is 2. The molecule has 22 heavy (non-hydrogen) atoms. The zero-order valence-corrected chi connectivity index (χ0v) is 13.8. The topological polar surface area (TPSA) is 55.8 Å². The van der Waals surface area contributed by atoms with Gasteiger partial charge in [0, 0.05) is 12.2 Å². The van der Waals surface area contributed by atoms with Crippen molar-refractivity contribution in [2.75, 3.05) is 25.7 Å². The lowest BCUT2D eigenvalue weighted by molar-refractivity contribution is -0.138. The van der Waals surface area contributed by atoms with Crippen molar-refractivity contribution in [3.63, 3.8) is 0 Å². The molecule has 0 aliphatic carbocycles. The van der Waals surface area contributed by atoms with Crippen LogP contribution in [0.15, 0.2) is 28.4 Å². The Labute approximate surface area is 135 Å². The van der Waals surface area contributed by atoms with Crippen LogP contribution in [-0.4, -0.2) is 32.7 Å². The number of carbonyl (C=O) groups excluding carboxylic acids is 2. The minimum atomic E-state index is -0.659. The fraction of sp³-hybridized carbons (Fsp3) is 0.333. The van der Waals surface area contributed by atoms with Crippen LogP contribution in [0.4, 0.5) is 10.1 Å². The van der Waals surface area contributed by atoms with Crippen LogP contribution in [0, 0.1) is 5.82 Å². The highest BCUT2D eigenvalue weighted by Crippen LogP contribution is 2.36. The molecule has 0 unspecified atom stereocenters. The predicted molar refractivity (Wildman–Crippen MR) is 81.9 cm³/mol. The van der Waals surface area contributed by atoms with Crippen LogP contribution in [0.2, 0.25) is 0 Å². The third-order valence-electron chi connectivity index (χ3n) is 3.41. The van der Waals surface area contributed by atoms with Crippen LogP contribution in [0.3, 0.4) is 0 Å². The fourth-order valence-corrected chi connectivity index (χ4v) is 2.91. The van der Waals surface area contributed by atoms with E-state index in [1.165, 1.54) is 20.3 Å². The molecule has 1 aromatic carbocycles. The van der Waals surface area contributed by atoms with Crippen LogP contribution >= 0.6 is 15.9 Å². The molecule has 118 valence electrons. The summed E-state index contributed by atoms with van der Waals surface area (Å²) in [5, 5.41) is 0. The van der Waals surface area contributed by atoms with Crippen molar-refractivity contribution in [3.05, 3.63) is 39.8 Å². The van der Waals surface area contributed by atoms with Gasteiger partial charge in [0.15, 0.2) is 0 Å². The van der Waals surface area contributed by atoms with Crippen molar-refractivity contribution in [1.82, 2.24) is 0 Å². The Hall–Kier alpha value is -1.89. The van der Waals surface area contributed by atoms with Gasteiger partial charge in [-0.1, -0.05) is 0 Å². The smallest absolute Gasteiger partial charge is 0.354 e. The average molecular weight is 372 g/mol. The summed E-state index contributed by atoms with van der Waals surface area (Å²) in [6.45, 7) is 0.517. The quantitative estimate of drug-likeness (QED) is 0.603. The standard InChI is InChI=1S/C15H15BrFNO4/c1-21-13(19)8-12(15(20)22-2)18-7-3-4-9-11(18)6-5-10(17)14(9)16/h5-6,8H,3-4,7H2,1-2H3/b12-8+. The summed E-state index contributed by atoms with van der Waals surface area (Å²) in [4.78, 5) is 25.2. The van der Waals surface area contributed by atoms with Crippen LogP contribution in [0.25, 0.3) is 0 Å². The Kier molecular flexibility index (Phi) is 5.18. The Morgan fingerprint density at radius 1 is 1.32 bits per heavy atom. The largest absolute Gasteiger partial charge is 0.466 e. The third-order valence-corrected chi connectivity index (χ3v) is 4.27. The molecule has 0 bridgehead atoms. The molecule has 7 heteroatoms. The van der Waals surface area contributed by atoms with E-state index in [9.17, 15) is 14.0 Å². The molecule has 0 saturated heterocycles. The minimum Gasteiger partial charge on any atom is -0.466 e. The monoisotopic (exact) mass is 371 g/mol. The first-order valence-corrected chi connectivity index (χ1v) is 7.41. The van der Waals surface area contributed by atoms with E-state index in [1.807, 2.05) is 0 Å². The van der Waals surface area contributed by atoms with Crippen LogP contribution in [0.5, 0.6) is 0 Å². The van der Waals surface area contributed by atoms with Gasteiger partial charge in [-0.15, -0.1) is 0 Å². The molecular weight excluding hydrogens is 357 g/mol. The number of hydrogen-bond acceptors (Lipinski definition) is 5. The highest BCUT2D eigenvalue weighted by atomic mass is 79.9. The average Bonchev–Trinajstić information content (AvgIpc) is 2.54. The number of methoxy groups -OCH3 is 2. The second-order valence-corrected chi connectivity index (χ2v) is 5.45. The molecule has 2 rings (SSSR count). The molecule has 5 nitrogen and oxygen atoms in total. The van der Waals surface area contributed by atoms with Crippen molar-refractivity contribution in [3.8, 4) is 0 Å². The van der Waals surface area contributed by atoms with Crippen molar-refractivity contribution in [2.24, 2.45) is 0 Å². The molecule has 0 spiro atoms. The number of anilines is 1. The summed E-state index contributed by atoms with van der Waals surface area (Å²) in [5.41, 5.74) is 1.49. The van der Waals surface area contributed by atoms with Gasteiger partial charge < -0.3 is 14.4 Å². The second-order valence-electron chi connectivity index (χ2n) is 4.66. The lowest BCUT2D eigenvalue weighted by atomic mass is 10.0. The number of fused-ring (bicyclic) bond motifs is 1. The summed E-state index contributed by atoms with van der Waals surface area (Å²) in [7, 11) is 2.46. The zero-order chi connectivity index (χ0) is 16.3. The van der Waals surface area contributed by atoms with E-state index >= 15 is 0 Å². The molecule has 1 aliphatic heterocycles. The van der Waals surface area contributed by atoms with E-state index in [0.717, 1.165) is 11.6 Å². The lowest BCUT2D eigenvalue weighted by Crippen LogP contribution is -2.33. The van der Waals surface area contributed by atoms with Crippen molar-refractivity contribution in [1.29, 1.82) is 0 Å². The van der Waals surface area contributed by atoms with E-state index in [-0.39, 0.29) is 11.5 Å². The maximum Gasteiger partial charge on any atom is 0.354 e. The highest BCUT2D eigenvalue weighted by molar-refractivity contribution is 9.10. The highest BCUT2D eigenvalue weighted by Gasteiger charge is 2.27. The van der Waals surface area contributed by atoms with Gasteiger partial charge in [-0.2, -0.15) is 0 Å². The molecular formula is C15H15BrFNO4. The van der Waals surface area contributed by atoms with E-state index in [0.29, 0.717) is 29.5 Å². The summed E-state index contributed by atoms with van der Waals surface area (Å²) in [6, 6.07) is 2.90. The van der Waals surface area contributed by atoms with E-state index in [1.54, 1.807) is 11.0 Å². The molecule has 0 atom stereocenters. The summed E-state index contributed by atoms with van der Waals surface area (Å²) in [6.07, 6.45) is 2.47. The summed E-state index contributed by atoms with van der Waals surface area (Å²) in [5.74, 6) is -1.68.